The molecule has 30 heavy (non-hydrogen) atoms. The van der Waals surface area contributed by atoms with Gasteiger partial charge in [-0.2, -0.15) is 0 Å². The van der Waals surface area contributed by atoms with E-state index in [2.05, 4.69) is 73.5 Å². The molecule has 0 bridgehead atoms. The summed E-state index contributed by atoms with van der Waals surface area (Å²) >= 11 is 0. The number of nitrogens with one attached hydrogen (secondary N) is 1. The molecule has 154 valence electrons. The molecule has 0 spiro atoms. The fourth-order valence-corrected chi connectivity index (χ4v) is 4.36. The number of hydrogen-bond donors (Lipinski definition) is 1. The quantitative estimate of drug-likeness (QED) is 0.839. The fourth-order valence-electron chi connectivity index (χ4n) is 4.36. The fraction of sp³-hybridized carbons (Fsp3) is 0.333. The van der Waals surface area contributed by atoms with Crippen molar-refractivity contribution >= 4 is 28.7 Å². The summed E-state index contributed by atoms with van der Waals surface area (Å²) in [6.07, 6.45) is 6.48. The van der Waals surface area contributed by atoms with Crippen LogP contribution in [-0.4, -0.2) is 50.3 Å². The van der Waals surface area contributed by atoms with Crippen LogP contribution < -0.4 is 15.1 Å². The van der Waals surface area contributed by atoms with E-state index in [-0.39, 0.29) is 6.04 Å². The van der Waals surface area contributed by atoms with E-state index in [4.69, 9.17) is 4.99 Å². The third-order valence-electron chi connectivity index (χ3n) is 5.99. The minimum Gasteiger partial charge on any atom is -0.378 e. The molecule has 1 fully saturated rings. The number of aliphatic imine (C=N–C) groups is 2. The molecule has 6 nitrogen and oxygen atoms in total. The molecule has 0 saturated carbocycles. The second-order valence-corrected chi connectivity index (χ2v) is 8.22. The lowest BCUT2D eigenvalue weighted by Crippen LogP contribution is -2.37. The van der Waals surface area contributed by atoms with Crippen LogP contribution in [0.3, 0.4) is 0 Å². The highest BCUT2D eigenvalue weighted by atomic mass is 15.3. The highest BCUT2D eigenvalue weighted by Gasteiger charge is 2.32. The van der Waals surface area contributed by atoms with Gasteiger partial charge < -0.3 is 20.0 Å². The Labute approximate surface area is 178 Å². The molecule has 6 heteroatoms. The molecule has 2 aromatic carbocycles. The van der Waals surface area contributed by atoms with E-state index >= 15 is 0 Å². The Hall–Kier alpha value is -3.28. The molecule has 0 aliphatic carbocycles. The van der Waals surface area contributed by atoms with Gasteiger partial charge in [0.2, 0.25) is 0 Å². The SMILES string of the molecule is CN(C)c1cccc(NC2=NC=CN3C2=NCC3c2cccc(N3CCCC3)c2)c1. The minimum absolute atomic E-state index is 0.208. The van der Waals surface area contributed by atoms with Gasteiger partial charge in [0.25, 0.3) is 0 Å². The third kappa shape index (κ3) is 3.54. The van der Waals surface area contributed by atoms with Crippen molar-refractivity contribution in [2.24, 2.45) is 9.98 Å². The van der Waals surface area contributed by atoms with Crippen LogP contribution in [0.25, 0.3) is 0 Å². The van der Waals surface area contributed by atoms with Gasteiger partial charge in [0.1, 0.15) is 0 Å². The van der Waals surface area contributed by atoms with E-state index in [0.29, 0.717) is 0 Å². The molecule has 0 radical (unpaired) electrons. The summed E-state index contributed by atoms with van der Waals surface area (Å²) in [5.74, 6) is 1.70. The normalized spacial score (nSPS) is 20.1. The van der Waals surface area contributed by atoms with Crippen molar-refractivity contribution in [3.05, 3.63) is 66.5 Å². The molecule has 1 atom stereocenters. The van der Waals surface area contributed by atoms with Gasteiger partial charge in [-0.3, -0.25) is 4.99 Å². The predicted octanol–water partition coefficient (Wildman–Crippen LogP) is 4.10. The first kappa shape index (κ1) is 18.7. The molecule has 3 aliphatic heterocycles. The molecule has 5 rings (SSSR count). The number of nitrogens with zero attached hydrogens (tertiary/aromatic N) is 5. The molecule has 0 aromatic heterocycles. The van der Waals surface area contributed by atoms with Crippen LogP contribution in [0.2, 0.25) is 0 Å². The smallest absolute Gasteiger partial charge is 0.173 e. The highest BCUT2D eigenvalue weighted by Crippen LogP contribution is 2.32. The number of amidine groups is 2. The number of benzene rings is 2. The summed E-state index contributed by atoms with van der Waals surface area (Å²) in [7, 11) is 4.09. The summed E-state index contributed by atoms with van der Waals surface area (Å²) in [6.45, 7) is 3.06. The standard InChI is InChI=1S/C24H28N6/c1-28(2)20-9-6-8-19(16-20)27-23-24-26-17-22(30(24)14-11-25-23)18-7-5-10-21(15-18)29-12-3-4-13-29/h5-11,14-16,22H,3-4,12-13,17H2,1-2H3,(H,25,27). The van der Waals surface area contributed by atoms with E-state index in [1.807, 2.05) is 26.5 Å². The van der Waals surface area contributed by atoms with Crippen molar-refractivity contribution in [3.8, 4) is 0 Å². The molecular formula is C24H28N6. The van der Waals surface area contributed by atoms with Gasteiger partial charge in [0.15, 0.2) is 11.7 Å². The van der Waals surface area contributed by atoms with Crippen molar-refractivity contribution in [1.29, 1.82) is 0 Å². The van der Waals surface area contributed by atoms with Crippen LogP contribution in [0.5, 0.6) is 0 Å². The maximum Gasteiger partial charge on any atom is 0.173 e. The van der Waals surface area contributed by atoms with Crippen molar-refractivity contribution in [3.63, 3.8) is 0 Å². The Morgan fingerprint density at radius 3 is 2.70 bits per heavy atom. The lowest BCUT2D eigenvalue weighted by molar-refractivity contribution is 0.458. The van der Waals surface area contributed by atoms with Crippen LogP contribution in [0.4, 0.5) is 17.1 Å². The first-order chi connectivity index (χ1) is 14.7. The monoisotopic (exact) mass is 400 g/mol. The third-order valence-corrected chi connectivity index (χ3v) is 5.99. The van der Waals surface area contributed by atoms with Crippen LogP contribution in [0, 0.1) is 0 Å². The van der Waals surface area contributed by atoms with Crippen LogP contribution >= 0.6 is 0 Å². The number of hydrogen-bond acceptors (Lipinski definition) is 6. The topological polar surface area (TPSA) is 46.5 Å². The Bertz CT molecular complexity index is 1020. The van der Waals surface area contributed by atoms with E-state index in [9.17, 15) is 0 Å². The van der Waals surface area contributed by atoms with Gasteiger partial charge in [0.05, 0.1) is 12.6 Å². The van der Waals surface area contributed by atoms with Crippen molar-refractivity contribution in [2.45, 2.75) is 18.9 Å². The zero-order valence-electron chi connectivity index (χ0n) is 17.6. The summed E-state index contributed by atoms with van der Waals surface area (Å²) in [6, 6.07) is 17.5. The van der Waals surface area contributed by atoms with Crippen molar-refractivity contribution in [1.82, 2.24) is 4.90 Å². The van der Waals surface area contributed by atoms with Gasteiger partial charge in [-0.15, -0.1) is 0 Å². The largest absolute Gasteiger partial charge is 0.378 e. The van der Waals surface area contributed by atoms with Crippen LogP contribution in [0.1, 0.15) is 24.4 Å². The van der Waals surface area contributed by atoms with E-state index in [1.54, 1.807) is 0 Å². The Kier molecular flexibility index (Phi) is 4.91. The predicted molar refractivity (Wildman–Crippen MR) is 126 cm³/mol. The Morgan fingerprint density at radius 2 is 1.87 bits per heavy atom. The minimum atomic E-state index is 0.208. The average molecular weight is 401 g/mol. The lowest BCUT2D eigenvalue weighted by atomic mass is 10.0. The maximum atomic E-state index is 4.85. The molecule has 1 N–H and O–H groups in total. The van der Waals surface area contributed by atoms with Gasteiger partial charge in [0, 0.05) is 56.6 Å². The lowest BCUT2D eigenvalue weighted by Gasteiger charge is -2.28. The van der Waals surface area contributed by atoms with Crippen LogP contribution in [-0.2, 0) is 0 Å². The van der Waals surface area contributed by atoms with E-state index in [1.165, 1.54) is 24.1 Å². The number of anilines is 3. The number of fused-ring (bicyclic) bond motifs is 1. The van der Waals surface area contributed by atoms with Gasteiger partial charge >= 0.3 is 0 Å². The van der Waals surface area contributed by atoms with E-state index < -0.39 is 0 Å². The first-order valence-corrected chi connectivity index (χ1v) is 10.7. The Morgan fingerprint density at radius 1 is 1.03 bits per heavy atom. The number of rotatable bonds is 4. The second-order valence-electron chi connectivity index (χ2n) is 8.22. The van der Waals surface area contributed by atoms with Crippen molar-refractivity contribution in [2.75, 3.05) is 48.8 Å². The van der Waals surface area contributed by atoms with Crippen LogP contribution in [0.15, 0.2) is 70.9 Å². The molecule has 0 amide bonds. The highest BCUT2D eigenvalue weighted by molar-refractivity contribution is 6.45. The molecular weight excluding hydrogens is 372 g/mol. The zero-order valence-corrected chi connectivity index (χ0v) is 17.6. The van der Waals surface area contributed by atoms with Gasteiger partial charge in [-0.1, -0.05) is 18.2 Å². The summed E-state index contributed by atoms with van der Waals surface area (Å²) in [5, 5.41) is 3.47. The summed E-state index contributed by atoms with van der Waals surface area (Å²) in [4.78, 5) is 16.3. The Balaban J connectivity index is 1.35. The zero-order chi connectivity index (χ0) is 20.5. The molecule has 3 aliphatic rings. The average Bonchev–Trinajstić information content (AvgIpc) is 3.45. The summed E-state index contributed by atoms with van der Waals surface area (Å²) < 4.78 is 0. The van der Waals surface area contributed by atoms with Gasteiger partial charge in [-0.25, -0.2) is 4.99 Å². The molecule has 3 heterocycles. The maximum absolute atomic E-state index is 4.85. The summed E-state index contributed by atoms with van der Waals surface area (Å²) in [5.41, 5.74) is 4.79. The molecule has 1 unspecified atom stereocenters. The second kappa shape index (κ2) is 7.86. The van der Waals surface area contributed by atoms with E-state index in [0.717, 1.165) is 42.7 Å². The molecule has 1 saturated heterocycles. The first-order valence-electron chi connectivity index (χ1n) is 10.7. The van der Waals surface area contributed by atoms with Gasteiger partial charge in [-0.05, 0) is 48.7 Å². The van der Waals surface area contributed by atoms with Crippen molar-refractivity contribution < 1.29 is 0 Å². The molecule has 2 aromatic rings.